The van der Waals surface area contributed by atoms with E-state index in [1.807, 2.05) is 0 Å². The molecule has 0 aliphatic carbocycles. The minimum Gasteiger partial charge on any atom is -0.269 e. The molecule has 0 amide bonds. The highest BCUT2D eigenvalue weighted by molar-refractivity contribution is 4.80. The molecule has 0 aliphatic heterocycles. The van der Waals surface area contributed by atoms with Crippen molar-refractivity contribution in [3.8, 4) is 0 Å². The van der Waals surface area contributed by atoms with Gasteiger partial charge in [0.25, 0.3) is 0 Å². The summed E-state index contributed by atoms with van der Waals surface area (Å²) in [6.45, 7) is 0. The van der Waals surface area contributed by atoms with Crippen LogP contribution in [-0.4, -0.2) is 6.18 Å². The van der Waals surface area contributed by atoms with Gasteiger partial charge in [0.05, 0.1) is 6.33 Å². The highest BCUT2D eigenvalue weighted by Gasteiger charge is 2.21. The van der Waals surface area contributed by atoms with Crippen LogP contribution in [0.25, 0.3) is 0 Å². The molecule has 8 heavy (non-hydrogen) atoms. The van der Waals surface area contributed by atoms with Crippen molar-refractivity contribution in [1.82, 2.24) is 0 Å². The molecule has 0 aromatic carbocycles. The van der Waals surface area contributed by atoms with Crippen molar-refractivity contribution in [3.63, 3.8) is 0 Å². The van der Waals surface area contributed by atoms with Crippen LogP contribution >= 0.6 is 0 Å². The lowest BCUT2D eigenvalue weighted by molar-refractivity contribution is -0.0805. The molecule has 5 heteroatoms. The summed E-state index contributed by atoms with van der Waals surface area (Å²) in [5, 5.41) is 0. The van der Waals surface area contributed by atoms with Gasteiger partial charge in [0, 0.05) is 6.08 Å². The molecule has 0 unspecified atom stereocenters. The number of alkyl halides is 3. The molecule has 0 radical (unpaired) electrons. The Bertz CT molecular complexity index is 70.2. The van der Waals surface area contributed by atoms with Crippen LogP contribution in [0, 0.1) is 0 Å². The van der Waals surface area contributed by atoms with Gasteiger partial charge in [-0.25, -0.2) is 4.39 Å². The molecule has 0 aromatic rings. The van der Waals surface area contributed by atoms with E-state index in [-0.39, 0.29) is 4.70 Å². The van der Waals surface area contributed by atoms with Gasteiger partial charge in [-0.3, -0.25) is 4.70 Å². The van der Waals surface area contributed by atoms with Crippen LogP contribution < -0.4 is 0 Å². The Hall–Kier alpha value is -0.610. The third-order valence-electron chi connectivity index (χ3n) is 0.252. The van der Waals surface area contributed by atoms with Crippen molar-refractivity contribution < 1.29 is 22.3 Å². The van der Waals surface area contributed by atoms with Crippen molar-refractivity contribution in [3.05, 3.63) is 12.4 Å². The standard InChI is InChI=1S/C3H2F4.FH/c4-2-1-3(5,6)7;/h1-2H;1H/b2-1+;. The maximum absolute atomic E-state index is 10.7. The van der Waals surface area contributed by atoms with E-state index >= 15 is 0 Å². The maximum Gasteiger partial charge on any atom is 0.411 e. The number of halogens is 5. The Morgan fingerprint density at radius 1 is 1.12 bits per heavy atom. The van der Waals surface area contributed by atoms with Crippen LogP contribution in [0.3, 0.4) is 0 Å². The topological polar surface area (TPSA) is 0 Å². The van der Waals surface area contributed by atoms with E-state index in [1.54, 1.807) is 0 Å². The second-order valence-corrected chi connectivity index (χ2v) is 0.834. The lowest BCUT2D eigenvalue weighted by atomic mass is 10.6. The summed E-state index contributed by atoms with van der Waals surface area (Å²) in [7, 11) is 0. The lowest BCUT2D eigenvalue weighted by Crippen LogP contribution is -1.99. The SMILES string of the molecule is F.F/C=C/C(F)(F)F. The van der Waals surface area contributed by atoms with Gasteiger partial charge >= 0.3 is 6.18 Å². The summed E-state index contributed by atoms with van der Waals surface area (Å²) in [5.41, 5.74) is 0. The van der Waals surface area contributed by atoms with E-state index in [4.69, 9.17) is 0 Å². The molecule has 50 valence electrons. The van der Waals surface area contributed by atoms with Gasteiger partial charge in [-0.05, 0) is 0 Å². The first kappa shape index (κ1) is 10.4. The molecular formula is C3H3F5. The Labute approximate surface area is 42.2 Å². The van der Waals surface area contributed by atoms with Crippen LogP contribution in [-0.2, 0) is 0 Å². The maximum atomic E-state index is 10.7. The summed E-state index contributed by atoms with van der Waals surface area (Å²) >= 11 is 0. The molecule has 0 saturated heterocycles. The summed E-state index contributed by atoms with van der Waals surface area (Å²) in [6.07, 6.45) is -5.53. The Balaban J connectivity index is 0. The van der Waals surface area contributed by atoms with Crippen molar-refractivity contribution in [2.45, 2.75) is 6.18 Å². The first-order valence-corrected chi connectivity index (χ1v) is 1.41. The van der Waals surface area contributed by atoms with E-state index in [2.05, 4.69) is 0 Å². The second kappa shape index (κ2) is 3.40. The average Bonchev–Trinajstić information content (AvgIpc) is 1.30. The van der Waals surface area contributed by atoms with Gasteiger partial charge in [0.15, 0.2) is 0 Å². The van der Waals surface area contributed by atoms with Crippen LogP contribution in [0.2, 0.25) is 0 Å². The van der Waals surface area contributed by atoms with Gasteiger partial charge in [0.2, 0.25) is 0 Å². The predicted octanol–water partition coefficient (Wildman–Crippen LogP) is 2.18. The number of hydrogen-bond acceptors (Lipinski definition) is 0. The number of allylic oxidation sites excluding steroid dienone is 1. The highest BCUT2D eigenvalue weighted by Crippen LogP contribution is 2.15. The average molecular weight is 134 g/mol. The van der Waals surface area contributed by atoms with Gasteiger partial charge in [-0.15, -0.1) is 0 Å². The highest BCUT2D eigenvalue weighted by atomic mass is 19.4. The Morgan fingerprint density at radius 3 is 1.50 bits per heavy atom. The first-order chi connectivity index (χ1) is 3.06. The van der Waals surface area contributed by atoms with Crippen LogP contribution in [0.5, 0.6) is 0 Å². The van der Waals surface area contributed by atoms with Gasteiger partial charge in [0.1, 0.15) is 0 Å². The molecule has 0 spiro atoms. The van der Waals surface area contributed by atoms with Crippen LogP contribution in [0.15, 0.2) is 12.4 Å². The van der Waals surface area contributed by atoms with Gasteiger partial charge in [-0.1, -0.05) is 0 Å². The molecule has 0 rings (SSSR count). The van der Waals surface area contributed by atoms with Crippen molar-refractivity contribution in [1.29, 1.82) is 0 Å². The van der Waals surface area contributed by atoms with E-state index in [0.29, 0.717) is 0 Å². The fraction of sp³-hybridized carbons (Fsp3) is 0.333. The Morgan fingerprint density at radius 2 is 1.50 bits per heavy atom. The zero-order valence-corrected chi connectivity index (χ0v) is 3.57. The fourth-order valence-electron chi connectivity index (χ4n) is 0.0714. The van der Waals surface area contributed by atoms with Crippen LogP contribution in [0.1, 0.15) is 0 Å². The number of rotatable bonds is 0. The lowest BCUT2D eigenvalue weighted by Gasteiger charge is -1.92. The normalized spacial score (nSPS) is 11.5. The van der Waals surface area contributed by atoms with Crippen molar-refractivity contribution in [2.24, 2.45) is 0 Å². The second-order valence-electron chi connectivity index (χ2n) is 0.834. The first-order valence-electron chi connectivity index (χ1n) is 1.41. The Kier molecular flexibility index (Phi) is 4.41. The molecule has 0 aliphatic rings. The molecule has 0 fully saturated rings. The van der Waals surface area contributed by atoms with E-state index in [0.717, 1.165) is 0 Å². The van der Waals surface area contributed by atoms with E-state index in [1.165, 1.54) is 0 Å². The van der Waals surface area contributed by atoms with Gasteiger partial charge in [-0.2, -0.15) is 13.2 Å². The van der Waals surface area contributed by atoms with E-state index in [9.17, 15) is 17.6 Å². The zero-order chi connectivity index (χ0) is 5.91. The van der Waals surface area contributed by atoms with Crippen molar-refractivity contribution in [2.75, 3.05) is 0 Å². The summed E-state index contributed by atoms with van der Waals surface area (Å²) in [6, 6.07) is 0. The molecule has 0 atom stereocenters. The number of hydrogen-bond donors (Lipinski definition) is 0. The molecular weight excluding hydrogens is 131 g/mol. The van der Waals surface area contributed by atoms with Crippen LogP contribution in [0.4, 0.5) is 22.3 Å². The minimum atomic E-state index is -4.51. The monoisotopic (exact) mass is 134 g/mol. The molecule has 0 saturated carbocycles. The van der Waals surface area contributed by atoms with Crippen molar-refractivity contribution >= 4 is 0 Å². The smallest absolute Gasteiger partial charge is 0.269 e. The molecule has 0 aromatic heterocycles. The predicted molar refractivity (Wildman–Crippen MR) is 18.8 cm³/mol. The minimum absolute atomic E-state index is 0. The quantitative estimate of drug-likeness (QED) is 0.445. The third kappa shape index (κ3) is 9.04. The largest absolute Gasteiger partial charge is 0.411 e. The van der Waals surface area contributed by atoms with Gasteiger partial charge < -0.3 is 0 Å². The molecule has 0 N–H and O–H groups in total. The molecule has 0 nitrogen and oxygen atoms in total. The zero-order valence-electron chi connectivity index (χ0n) is 3.57. The fourth-order valence-corrected chi connectivity index (χ4v) is 0.0714. The summed E-state index contributed by atoms with van der Waals surface area (Å²) < 4.78 is 42.8. The van der Waals surface area contributed by atoms with E-state index < -0.39 is 18.6 Å². The molecule has 0 bridgehead atoms. The third-order valence-corrected chi connectivity index (χ3v) is 0.252. The molecule has 0 heterocycles. The summed E-state index contributed by atoms with van der Waals surface area (Å²) in [5.74, 6) is 0. The summed E-state index contributed by atoms with van der Waals surface area (Å²) in [4.78, 5) is 0.